The zero-order valence-corrected chi connectivity index (χ0v) is 12.5. The van der Waals surface area contributed by atoms with Gasteiger partial charge in [-0.3, -0.25) is 4.79 Å². The first-order chi connectivity index (χ1) is 10.4. The van der Waals surface area contributed by atoms with Crippen molar-refractivity contribution < 1.29 is 19.0 Å². The van der Waals surface area contributed by atoms with E-state index in [2.05, 4.69) is 11.9 Å². The van der Waals surface area contributed by atoms with Gasteiger partial charge in [-0.15, -0.1) is 0 Å². The van der Waals surface area contributed by atoms with Gasteiger partial charge in [-0.2, -0.15) is 0 Å². The Morgan fingerprint density at radius 1 is 1.41 bits per heavy atom. The van der Waals surface area contributed by atoms with Crippen LogP contribution in [0.5, 0.6) is 11.5 Å². The lowest BCUT2D eigenvalue weighted by molar-refractivity contribution is -0.115. The molecule has 22 heavy (non-hydrogen) atoms. The lowest BCUT2D eigenvalue weighted by atomic mass is 10.2. The van der Waals surface area contributed by atoms with E-state index in [1.54, 1.807) is 31.2 Å². The summed E-state index contributed by atoms with van der Waals surface area (Å²) < 4.78 is 17.3. The van der Waals surface area contributed by atoms with Gasteiger partial charge in [0.05, 0.1) is 7.11 Å². The van der Waals surface area contributed by atoms with E-state index in [1.807, 2.05) is 0 Å². The van der Waals surface area contributed by atoms with Crippen LogP contribution in [-0.4, -0.2) is 18.1 Å². The molecule has 0 saturated carbocycles. The minimum atomic E-state index is -0.561. The fourth-order valence-corrected chi connectivity index (χ4v) is 1.56. The fraction of sp³-hybridized carbons (Fsp3) is 0.118. The molecule has 0 aliphatic carbocycles. The number of amides is 1. The molecule has 0 unspecified atom stereocenters. The molecule has 1 rings (SSSR count). The van der Waals surface area contributed by atoms with Gasteiger partial charge in [0, 0.05) is 11.8 Å². The molecule has 0 spiro atoms. The number of carbonyl (C=O) groups excluding carboxylic acids is 1. The Labute approximate surface area is 128 Å². The normalized spacial score (nSPS) is 11.9. The van der Waals surface area contributed by atoms with Gasteiger partial charge in [-0.05, 0) is 42.8 Å². The van der Waals surface area contributed by atoms with Crippen molar-refractivity contribution in [2.24, 2.45) is 0 Å². The predicted molar refractivity (Wildman–Crippen MR) is 85.0 cm³/mol. The smallest absolute Gasteiger partial charge is 0.248 e. The molecule has 0 atom stereocenters. The van der Waals surface area contributed by atoms with E-state index in [0.717, 1.165) is 0 Å². The number of benzene rings is 1. The number of ether oxygens (including phenoxy) is 1. The van der Waals surface area contributed by atoms with Gasteiger partial charge >= 0.3 is 0 Å². The zero-order valence-electron chi connectivity index (χ0n) is 12.5. The third-order valence-electron chi connectivity index (χ3n) is 2.57. The largest absolute Gasteiger partial charge is 0.504 e. The summed E-state index contributed by atoms with van der Waals surface area (Å²) in [6.45, 7) is 4.76. The van der Waals surface area contributed by atoms with E-state index in [4.69, 9.17) is 4.74 Å². The number of carbonyl (C=O) groups is 1. The summed E-state index contributed by atoms with van der Waals surface area (Å²) in [7, 11) is 1.46. The van der Waals surface area contributed by atoms with Crippen molar-refractivity contribution in [3.8, 4) is 11.5 Å². The van der Waals surface area contributed by atoms with E-state index in [1.165, 1.54) is 31.4 Å². The summed E-state index contributed by atoms with van der Waals surface area (Å²) in [6.07, 6.45) is 7.07. The molecule has 4 nitrogen and oxygen atoms in total. The molecule has 1 amide bonds. The topological polar surface area (TPSA) is 58.6 Å². The Morgan fingerprint density at radius 3 is 2.73 bits per heavy atom. The molecular weight excluding hydrogens is 285 g/mol. The molecule has 0 aromatic heterocycles. The second kappa shape index (κ2) is 8.46. The van der Waals surface area contributed by atoms with E-state index >= 15 is 0 Å². The Bertz CT molecular complexity index is 645. The SMILES string of the molecule is C=C(F)C=CC=C(C)NC(=O)C=Cc1ccc(OC)c(O)c1. The minimum absolute atomic E-state index is 0.00211. The fourth-order valence-electron chi connectivity index (χ4n) is 1.56. The van der Waals surface area contributed by atoms with Crippen LogP contribution in [0.25, 0.3) is 6.08 Å². The number of phenols is 1. The van der Waals surface area contributed by atoms with Gasteiger partial charge < -0.3 is 15.2 Å². The van der Waals surface area contributed by atoms with E-state index in [-0.39, 0.29) is 11.7 Å². The summed E-state index contributed by atoms with van der Waals surface area (Å²) >= 11 is 0. The van der Waals surface area contributed by atoms with Crippen LogP contribution in [0.1, 0.15) is 12.5 Å². The van der Waals surface area contributed by atoms with E-state index in [9.17, 15) is 14.3 Å². The van der Waals surface area contributed by atoms with Crippen LogP contribution in [0.2, 0.25) is 0 Å². The lowest BCUT2D eigenvalue weighted by Gasteiger charge is -2.03. The van der Waals surface area contributed by atoms with Gasteiger partial charge in [0.25, 0.3) is 0 Å². The lowest BCUT2D eigenvalue weighted by Crippen LogP contribution is -2.18. The summed E-state index contributed by atoms with van der Waals surface area (Å²) in [5.74, 6) is -0.537. The van der Waals surface area contributed by atoms with Crippen molar-refractivity contribution in [3.63, 3.8) is 0 Å². The van der Waals surface area contributed by atoms with Crippen molar-refractivity contribution in [1.29, 1.82) is 0 Å². The van der Waals surface area contributed by atoms with Crippen LogP contribution < -0.4 is 10.1 Å². The number of nitrogens with one attached hydrogen (secondary N) is 1. The quantitative estimate of drug-likeness (QED) is 0.625. The van der Waals surface area contributed by atoms with E-state index in [0.29, 0.717) is 17.0 Å². The van der Waals surface area contributed by atoms with Gasteiger partial charge in [-0.25, -0.2) is 4.39 Å². The Balaban J connectivity index is 2.64. The Morgan fingerprint density at radius 2 is 2.14 bits per heavy atom. The van der Waals surface area contributed by atoms with Crippen LogP contribution in [0.4, 0.5) is 4.39 Å². The molecule has 0 fully saturated rings. The van der Waals surface area contributed by atoms with Crippen LogP contribution >= 0.6 is 0 Å². The maximum atomic E-state index is 12.4. The molecule has 5 heteroatoms. The van der Waals surface area contributed by atoms with Crippen LogP contribution in [-0.2, 0) is 4.79 Å². The molecule has 0 bridgehead atoms. The Kier molecular flexibility index (Phi) is 6.63. The molecule has 1 aromatic carbocycles. The number of halogens is 1. The highest BCUT2D eigenvalue weighted by Crippen LogP contribution is 2.26. The zero-order chi connectivity index (χ0) is 16.5. The highest BCUT2D eigenvalue weighted by molar-refractivity contribution is 5.92. The summed E-state index contributed by atoms with van der Waals surface area (Å²) in [5.41, 5.74) is 1.22. The van der Waals surface area contributed by atoms with Gasteiger partial charge in [0.1, 0.15) is 5.83 Å². The first-order valence-electron chi connectivity index (χ1n) is 6.48. The second-order valence-corrected chi connectivity index (χ2v) is 4.41. The average Bonchev–Trinajstić information content (AvgIpc) is 2.44. The van der Waals surface area contributed by atoms with Gasteiger partial charge in [0.15, 0.2) is 11.5 Å². The molecule has 116 valence electrons. The maximum absolute atomic E-state index is 12.4. The third-order valence-corrected chi connectivity index (χ3v) is 2.57. The van der Waals surface area contributed by atoms with Gasteiger partial charge in [0.2, 0.25) is 5.91 Å². The monoisotopic (exact) mass is 303 g/mol. The molecule has 0 radical (unpaired) electrons. The third kappa shape index (κ3) is 6.09. The molecule has 1 aromatic rings. The number of methoxy groups -OCH3 is 1. The molecular formula is C17H18FNO3. The van der Waals surface area contributed by atoms with Crippen LogP contribution in [0.3, 0.4) is 0 Å². The highest BCUT2D eigenvalue weighted by Gasteiger charge is 2.01. The average molecular weight is 303 g/mol. The Hall–Kier alpha value is -2.82. The summed E-state index contributed by atoms with van der Waals surface area (Å²) in [6, 6.07) is 4.80. The maximum Gasteiger partial charge on any atom is 0.248 e. The summed E-state index contributed by atoms with van der Waals surface area (Å²) in [5, 5.41) is 12.2. The van der Waals surface area contributed by atoms with Crippen molar-refractivity contribution in [2.75, 3.05) is 7.11 Å². The molecule has 0 aliphatic rings. The summed E-state index contributed by atoms with van der Waals surface area (Å²) in [4.78, 5) is 11.7. The van der Waals surface area contributed by atoms with Crippen LogP contribution in [0.15, 0.2) is 60.6 Å². The van der Waals surface area contributed by atoms with Crippen molar-refractivity contribution in [2.45, 2.75) is 6.92 Å². The predicted octanol–water partition coefficient (Wildman–Crippen LogP) is 3.47. The molecule has 0 aliphatic heterocycles. The van der Waals surface area contributed by atoms with Crippen molar-refractivity contribution in [1.82, 2.24) is 5.32 Å². The van der Waals surface area contributed by atoms with Crippen molar-refractivity contribution >= 4 is 12.0 Å². The molecule has 0 saturated heterocycles. The number of rotatable bonds is 6. The first-order valence-corrected chi connectivity index (χ1v) is 6.48. The number of hydrogen-bond acceptors (Lipinski definition) is 3. The number of aromatic hydroxyl groups is 1. The minimum Gasteiger partial charge on any atom is -0.504 e. The second-order valence-electron chi connectivity index (χ2n) is 4.41. The number of phenolic OH excluding ortho intramolecular Hbond substituents is 1. The van der Waals surface area contributed by atoms with E-state index < -0.39 is 5.83 Å². The first kappa shape index (κ1) is 17.2. The van der Waals surface area contributed by atoms with Crippen LogP contribution in [0, 0.1) is 0 Å². The van der Waals surface area contributed by atoms with Crippen molar-refractivity contribution in [3.05, 3.63) is 66.2 Å². The number of allylic oxidation sites excluding steroid dienone is 5. The standard InChI is InChI=1S/C17H18FNO3/c1-12(18)5-4-6-13(2)19-17(21)10-8-14-7-9-16(22-3)15(20)11-14/h4-11,20H,1H2,2-3H3,(H,19,21). The number of hydrogen-bond donors (Lipinski definition) is 2. The molecule has 0 heterocycles. The highest BCUT2D eigenvalue weighted by atomic mass is 19.1. The molecule has 2 N–H and O–H groups in total. The van der Waals surface area contributed by atoms with Gasteiger partial charge in [-0.1, -0.05) is 18.7 Å².